The van der Waals surface area contributed by atoms with E-state index in [4.69, 9.17) is 4.74 Å². The highest BCUT2D eigenvalue weighted by atomic mass is 16.7. The summed E-state index contributed by atoms with van der Waals surface area (Å²) in [6, 6.07) is 9.06. The standard InChI is InChI=1S/C22H28N4O5/c1-15-9-11-16(12-10-15)21(28)25(14-19(27)24(2)3)20-18(31-22(29)30)13-26(23-20)17-7-5-4-6-8-17/h4-8,13,15-16H,9-12,14H2,1-3H3,(H,29,30)/t15-,16-. The van der Waals surface area contributed by atoms with Gasteiger partial charge in [0.05, 0.1) is 11.9 Å². The smallest absolute Gasteiger partial charge is 0.449 e. The first-order valence-electron chi connectivity index (χ1n) is 10.3. The lowest BCUT2D eigenvalue weighted by atomic mass is 9.82. The average molecular weight is 428 g/mol. The molecule has 31 heavy (non-hydrogen) atoms. The number of carboxylic acid groups (broad SMARTS) is 1. The molecule has 166 valence electrons. The number of likely N-dealkylation sites (N-methyl/N-ethyl adjacent to an activating group) is 1. The van der Waals surface area contributed by atoms with Crippen LogP contribution in [0.1, 0.15) is 32.6 Å². The number of amides is 2. The number of aromatic nitrogens is 2. The van der Waals surface area contributed by atoms with Gasteiger partial charge in [-0.1, -0.05) is 25.1 Å². The summed E-state index contributed by atoms with van der Waals surface area (Å²) in [7, 11) is 3.20. The van der Waals surface area contributed by atoms with Gasteiger partial charge in [0, 0.05) is 20.0 Å². The number of nitrogens with zero attached hydrogens (tertiary/aromatic N) is 4. The second-order valence-corrected chi connectivity index (χ2v) is 8.13. The molecule has 1 N–H and O–H groups in total. The van der Waals surface area contributed by atoms with E-state index in [2.05, 4.69) is 12.0 Å². The van der Waals surface area contributed by atoms with Gasteiger partial charge in [0.25, 0.3) is 0 Å². The van der Waals surface area contributed by atoms with Crippen LogP contribution in [0.4, 0.5) is 10.6 Å². The van der Waals surface area contributed by atoms with Crippen LogP contribution in [-0.4, -0.2) is 58.4 Å². The van der Waals surface area contributed by atoms with Crippen molar-refractivity contribution in [2.75, 3.05) is 25.5 Å². The van der Waals surface area contributed by atoms with Crippen molar-refractivity contribution >= 4 is 23.8 Å². The van der Waals surface area contributed by atoms with Crippen LogP contribution < -0.4 is 9.64 Å². The van der Waals surface area contributed by atoms with Gasteiger partial charge < -0.3 is 14.7 Å². The van der Waals surface area contributed by atoms with E-state index in [9.17, 15) is 19.5 Å². The predicted octanol–water partition coefficient (Wildman–Crippen LogP) is 3.18. The lowest BCUT2D eigenvalue weighted by Gasteiger charge is -2.30. The fraction of sp³-hybridized carbons (Fsp3) is 0.455. The molecule has 3 rings (SSSR count). The van der Waals surface area contributed by atoms with Crippen LogP contribution in [0.2, 0.25) is 0 Å². The Balaban J connectivity index is 2.01. The van der Waals surface area contributed by atoms with Gasteiger partial charge >= 0.3 is 6.16 Å². The third-order valence-corrected chi connectivity index (χ3v) is 5.56. The van der Waals surface area contributed by atoms with Gasteiger partial charge in [-0.2, -0.15) is 0 Å². The number of ether oxygens (including phenoxy) is 1. The Hall–Kier alpha value is -3.36. The largest absolute Gasteiger partial charge is 0.511 e. The first-order chi connectivity index (χ1) is 14.8. The van der Waals surface area contributed by atoms with Crippen molar-refractivity contribution in [1.82, 2.24) is 14.7 Å². The van der Waals surface area contributed by atoms with Crippen LogP contribution in [-0.2, 0) is 9.59 Å². The van der Waals surface area contributed by atoms with Gasteiger partial charge in [-0.3, -0.25) is 14.5 Å². The molecular weight excluding hydrogens is 400 g/mol. The van der Waals surface area contributed by atoms with Gasteiger partial charge in [-0.25, -0.2) is 9.48 Å². The van der Waals surface area contributed by atoms with E-state index >= 15 is 0 Å². The average Bonchev–Trinajstić information content (AvgIpc) is 3.15. The van der Waals surface area contributed by atoms with Crippen molar-refractivity contribution in [3.05, 3.63) is 36.5 Å². The maximum Gasteiger partial charge on any atom is 0.511 e. The molecule has 1 aromatic heterocycles. The second-order valence-electron chi connectivity index (χ2n) is 8.13. The minimum atomic E-state index is -1.52. The summed E-state index contributed by atoms with van der Waals surface area (Å²) >= 11 is 0. The minimum absolute atomic E-state index is 0.0186. The molecule has 2 amide bonds. The van der Waals surface area contributed by atoms with E-state index in [1.807, 2.05) is 18.2 Å². The highest BCUT2D eigenvalue weighted by Crippen LogP contribution is 2.34. The second kappa shape index (κ2) is 9.63. The van der Waals surface area contributed by atoms with E-state index in [1.165, 1.54) is 20.7 Å². The molecule has 1 heterocycles. The topological polar surface area (TPSA) is 105 Å². The van der Waals surface area contributed by atoms with Crippen molar-refractivity contribution < 1.29 is 24.2 Å². The quantitative estimate of drug-likeness (QED) is 0.709. The van der Waals surface area contributed by atoms with Crippen molar-refractivity contribution in [3.63, 3.8) is 0 Å². The molecule has 0 saturated heterocycles. The number of carbonyl (C=O) groups excluding carboxylic acids is 2. The third kappa shape index (κ3) is 5.42. The molecule has 9 heteroatoms. The molecule has 0 atom stereocenters. The van der Waals surface area contributed by atoms with Gasteiger partial charge in [0.2, 0.25) is 17.6 Å². The Morgan fingerprint density at radius 2 is 1.77 bits per heavy atom. The van der Waals surface area contributed by atoms with Crippen molar-refractivity contribution in [3.8, 4) is 11.4 Å². The summed E-state index contributed by atoms with van der Waals surface area (Å²) in [4.78, 5) is 39.9. The molecule has 1 aliphatic rings. The first kappa shape index (κ1) is 22.3. The highest BCUT2D eigenvalue weighted by molar-refractivity contribution is 6.00. The number of hydrogen-bond donors (Lipinski definition) is 1. The van der Waals surface area contributed by atoms with Crippen LogP contribution in [0.25, 0.3) is 5.69 Å². The van der Waals surface area contributed by atoms with Crippen molar-refractivity contribution in [2.24, 2.45) is 11.8 Å². The zero-order valence-electron chi connectivity index (χ0n) is 18.0. The fourth-order valence-electron chi connectivity index (χ4n) is 3.68. The number of para-hydroxylation sites is 1. The van der Waals surface area contributed by atoms with Gasteiger partial charge in [0.15, 0.2) is 5.75 Å². The minimum Gasteiger partial charge on any atom is -0.449 e. The molecule has 0 unspecified atom stereocenters. The molecule has 0 bridgehead atoms. The van der Waals surface area contributed by atoms with Gasteiger partial charge in [0.1, 0.15) is 6.54 Å². The summed E-state index contributed by atoms with van der Waals surface area (Å²) < 4.78 is 6.38. The molecule has 1 aromatic carbocycles. The molecule has 0 aliphatic heterocycles. The van der Waals surface area contributed by atoms with Crippen LogP contribution in [0, 0.1) is 11.8 Å². The number of benzene rings is 1. The molecule has 9 nitrogen and oxygen atoms in total. The van der Waals surface area contributed by atoms with E-state index in [1.54, 1.807) is 26.2 Å². The molecule has 1 saturated carbocycles. The Labute approximate surface area is 181 Å². The third-order valence-electron chi connectivity index (χ3n) is 5.56. The maximum atomic E-state index is 13.5. The lowest BCUT2D eigenvalue weighted by Crippen LogP contribution is -2.44. The molecule has 0 radical (unpaired) electrons. The van der Waals surface area contributed by atoms with Crippen LogP contribution in [0.5, 0.6) is 5.75 Å². The Morgan fingerprint density at radius 1 is 1.13 bits per heavy atom. The molecule has 0 spiro atoms. The van der Waals surface area contributed by atoms with Gasteiger partial charge in [-0.15, -0.1) is 5.10 Å². The van der Waals surface area contributed by atoms with Crippen LogP contribution in [0.3, 0.4) is 0 Å². The molecular formula is C22H28N4O5. The Bertz CT molecular complexity index is 933. The summed E-state index contributed by atoms with van der Waals surface area (Å²) in [5.41, 5.74) is 0.668. The number of carbonyl (C=O) groups is 3. The summed E-state index contributed by atoms with van der Waals surface area (Å²) in [5.74, 6) is -0.302. The first-order valence-corrected chi connectivity index (χ1v) is 10.3. The normalized spacial score (nSPS) is 18.3. The lowest BCUT2D eigenvalue weighted by molar-refractivity contribution is -0.130. The zero-order chi connectivity index (χ0) is 22.5. The molecule has 2 aromatic rings. The monoisotopic (exact) mass is 428 g/mol. The van der Waals surface area contributed by atoms with E-state index < -0.39 is 6.16 Å². The van der Waals surface area contributed by atoms with Crippen molar-refractivity contribution in [1.29, 1.82) is 0 Å². The Morgan fingerprint density at radius 3 is 2.35 bits per heavy atom. The van der Waals surface area contributed by atoms with Gasteiger partial charge in [-0.05, 0) is 43.7 Å². The van der Waals surface area contributed by atoms with E-state index in [-0.39, 0.29) is 35.8 Å². The molecule has 1 fully saturated rings. The van der Waals surface area contributed by atoms with E-state index in [0.29, 0.717) is 11.6 Å². The zero-order valence-corrected chi connectivity index (χ0v) is 18.0. The van der Waals surface area contributed by atoms with Crippen LogP contribution >= 0.6 is 0 Å². The van der Waals surface area contributed by atoms with E-state index in [0.717, 1.165) is 25.7 Å². The SMILES string of the molecule is CN(C)C(=O)CN(c1nn(-c2ccccc2)cc1OC(=O)O)C(=O)[C@H]1CC[C@H](C)CC1. The summed E-state index contributed by atoms with van der Waals surface area (Å²) in [6.45, 7) is 1.91. The Kier molecular flexibility index (Phi) is 6.94. The van der Waals surface area contributed by atoms with Crippen LogP contribution in [0.15, 0.2) is 36.5 Å². The fourth-order valence-corrected chi connectivity index (χ4v) is 3.68. The number of anilines is 1. The highest BCUT2D eigenvalue weighted by Gasteiger charge is 2.34. The molecule has 1 aliphatic carbocycles. The summed E-state index contributed by atoms with van der Waals surface area (Å²) in [5, 5.41) is 13.6. The number of hydrogen-bond acceptors (Lipinski definition) is 5. The predicted molar refractivity (Wildman–Crippen MR) is 114 cm³/mol. The summed E-state index contributed by atoms with van der Waals surface area (Å²) in [6.07, 6.45) is 3.20. The van der Waals surface area contributed by atoms with Crippen molar-refractivity contribution in [2.45, 2.75) is 32.6 Å². The maximum absolute atomic E-state index is 13.5. The number of rotatable bonds is 6.